The molecule has 2 N–H and O–H groups in total. The van der Waals surface area contributed by atoms with Gasteiger partial charge >= 0.3 is 18.3 Å². The Morgan fingerprint density at radius 1 is 1.25 bits per heavy atom. The Morgan fingerprint density at radius 3 is 2.47 bits per heavy atom. The predicted octanol–water partition coefficient (Wildman–Crippen LogP) is 4.61. The van der Waals surface area contributed by atoms with E-state index in [4.69, 9.17) is 4.74 Å². The zero-order valence-corrected chi connectivity index (χ0v) is 17.4. The summed E-state index contributed by atoms with van der Waals surface area (Å²) >= 11 is 0. The molecule has 12 heteroatoms. The van der Waals surface area contributed by atoms with Crippen LogP contribution in [0.5, 0.6) is 11.8 Å². The van der Waals surface area contributed by atoms with Crippen LogP contribution >= 0.6 is 0 Å². The molecule has 0 spiro atoms. The van der Waals surface area contributed by atoms with Gasteiger partial charge < -0.3 is 20.1 Å². The van der Waals surface area contributed by atoms with E-state index in [9.17, 15) is 27.5 Å². The molecule has 1 amide bonds. The van der Waals surface area contributed by atoms with Crippen molar-refractivity contribution in [2.75, 3.05) is 18.4 Å². The van der Waals surface area contributed by atoms with Gasteiger partial charge in [0.1, 0.15) is 11.6 Å². The molecule has 1 aromatic carbocycles. The average molecular weight is 457 g/mol. The summed E-state index contributed by atoms with van der Waals surface area (Å²) in [4.78, 5) is 17.0. The van der Waals surface area contributed by atoms with E-state index >= 15 is 0 Å². The number of likely N-dealkylation sites (tertiary alicyclic amines) is 1. The van der Waals surface area contributed by atoms with Crippen LogP contribution in [0.25, 0.3) is 0 Å². The molecule has 32 heavy (non-hydrogen) atoms. The highest BCUT2D eigenvalue weighted by molar-refractivity contribution is 5.65. The summed E-state index contributed by atoms with van der Waals surface area (Å²) in [6.45, 7) is 4.47. The summed E-state index contributed by atoms with van der Waals surface area (Å²) in [5, 5.41) is 16.9. The summed E-state index contributed by atoms with van der Waals surface area (Å²) in [5.41, 5.74) is -1.43. The Kier molecular flexibility index (Phi) is 5.63. The monoisotopic (exact) mass is 457 g/mol. The number of aromatic nitrogens is 3. The second-order valence-corrected chi connectivity index (χ2v) is 8.45. The molecule has 2 aliphatic rings. The molecule has 1 unspecified atom stereocenters. The van der Waals surface area contributed by atoms with E-state index in [1.807, 2.05) is 13.8 Å². The highest BCUT2D eigenvalue weighted by Gasteiger charge is 2.44. The number of fused-ring (bicyclic) bond motifs is 2. The smallest absolute Gasteiger partial charge is 0.419 e. The highest BCUT2D eigenvalue weighted by Crippen LogP contribution is 2.39. The second-order valence-electron chi connectivity index (χ2n) is 8.45. The van der Waals surface area contributed by atoms with Crippen molar-refractivity contribution in [3.63, 3.8) is 0 Å². The maximum atomic E-state index is 13.6. The molecule has 1 saturated carbocycles. The molecule has 2 bridgehead atoms. The van der Waals surface area contributed by atoms with Crippen LogP contribution in [0.4, 0.5) is 28.3 Å². The summed E-state index contributed by atoms with van der Waals surface area (Å²) in [6.07, 6.45) is -4.02. The van der Waals surface area contributed by atoms with Gasteiger partial charge in [0.2, 0.25) is 5.95 Å². The molecule has 1 aliphatic heterocycles. The second kappa shape index (κ2) is 8.14. The number of amides is 1. The van der Waals surface area contributed by atoms with Crippen LogP contribution in [0, 0.1) is 17.7 Å². The molecule has 4 rings (SSSR count). The van der Waals surface area contributed by atoms with Crippen LogP contribution in [0.2, 0.25) is 0 Å². The summed E-state index contributed by atoms with van der Waals surface area (Å²) < 4.78 is 59.6. The van der Waals surface area contributed by atoms with E-state index in [2.05, 4.69) is 15.4 Å². The number of hydrogen-bond donors (Lipinski definition) is 2. The van der Waals surface area contributed by atoms with Crippen LogP contribution in [0.1, 0.15) is 38.3 Å². The lowest BCUT2D eigenvalue weighted by atomic mass is 9.92. The van der Waals surface area contributed by atoms with E-state index in [1.54, 1.807) is 0 Å². The van der Waals surface area contributed by atoms with Crippen LogP contribution in [0.3, 0.4) is 0 Å². The van der Waals surface area contributed by atoms with Crippen LogP contribution in [0.15, 0.2) is 18.2 Å². The number of rotatable bonds is 5. The van der Waals surface area contributed by atoms with Gasteiger partial charge in [-0.25, -0.2) is 13.9 Å². The van der Waals surface area contributed by atoms with E-state index in [-0.39, 0.29) is 41.6 Å². The number of benzene rings is 1. The number of ether oxygens (including phenoxy) is 1. The van der Waals surface area contributed by atoms with Gasteiger partial charge in [-0.15, -0.1) is 5.10 Å². The van der Waals surface area contributed by atoms with E-state index in [1.165, 1.54) is 9.58 Å². The Morgan fingerprint density at radius 2 is 1.91 bits per heavy atom. The third-order valence-electron chi connectivity index (χ3n) is 5.94. The first-order valence-electron chi connectivity index (χ1n) is 10.3. The maximum absolute atomic E-state index is 13.6. The maximum Gasteiger partial charge on any atom is 0.419 e. The largest absolute Gasteiger partial charge is 0.465 e. The number of halogens is 4. The van der Waals surface area contributed by atoms with Gasteiger partial charge in [-0.2, -0.15) is 18.2 Å². The highest BCUT2D eigenvalue weighted by atomic mass is 19.4. The summed E-state index contributed by atoms with van der Waals surface area (Å²) in [5.74, 6) is -1.12. The van der Waals surface area contributed by atoms with Gasteiger partial charge in [0.05, 0.1) is 11.6 Å². The molecule has 8 nitrogen and oxygen atoms in total. The topological polar surface area (TPSA) is 92.5 Å². The molecule has 2 heterocycles. The van der Waals surface area contributed by atoms with Gasteiger partial charge in [0.15, 0.2) is 0 Å². The normalized spacial score (nSPS) is 23.0. The Hall–Kier alpha value is -3.05. The standard InChI is InChI=1S/C20H23F4N5O3/c1-10(2)29-18(32-13-5-6-15(21)14(7-13)20(22,23)24)26-17(27-29)25-16-11-3-4-12(16)9-28(8-11)19(30)31/h5-7,10-12,16H,3-4,8-9H2,1-2H3,(H,25,27)(H,30,31)/t11-,12+,16?. The van der Waals surface area contributed by atoms with Gasteiger partial charge in [0.25, 0.3) is 0 Å². The van der Waals surface area contributed by atoms with E-state index < -0.39 is 23.7 Å². The molecule has 1 aliphatic carbocycles. The molecule has 2 aromatic rings. The molecule has 3 atom stereocenters. The minimum Gasteiger partial charge on any atom is -0.465 e. The zero-order valence-electron chi connectivity index (χ0n) is 17.4. The number of hydrogen-bond acceptors (Lipinski definition) is 5. The average Bonchev–Trinajstić information content (AvgIpc) is 3.18. The molecular weight excluding hydrogens is 434 g/mol. The van der Waals surface area contributed by atoms with E-state index in [0.29, 0.717) is 25.2 Å². The van der Waals surface area contributed by atoms with Crippen molar-refractivity contribution in [3.05, 3.63) is 29.6 Å². The number of carboxylic acid groups (broad SMARTS) is 1. The van der Waals surface area contributed by atoms with Gasteiger partial charge in [-0.05, 0) is 56.7 Å². The molecular formula is C20H23F4N5O3. The third-order valence-corrected chi connectivity index (χ3v) is 5.94. The van der Waals surface area contributed by atoms with Gasteiger partial charge in [-0.3, -0.25) is 0 Å². The van der Waals surface area contributed by atoms with Crippen molar-refractivity contribution in [1.82, 2.24) is 19.7 Å². The van der Waals surface area contributed by atoms with Gasteiger partial charge in [0, 0.05) is 19.1 Å². The van der Waals surface area contributed by atoms with Crippen LogP contribution < -0.4 is 10.1 Å². The lowest BCUT2D eigenvalue weighted by molar-refractivity contribution is -0.140. The van der Waals surface area contributed by atoms with Crippen molar-refractivity contribution in [2.24, 2.45) is 11.8 Å². The van der Waals surface area contributed by atoms with Crippen molar-refractivity contribution >= 4 is 12.0 Å². The Bertz CT molecular complexity index is 996. The minimum atomic E-state index is -4.86. The van der Waals surface area contributed by atoms with Crippen LogP contribution in [-0.4, -0.2) is 50.0 Å². The molecule has 0 radical (unpaired) electrons. The number of piperidine rings is 1. The summed E-state index contributed by atoms with van der Waals surface area (Å²) in [7, 11) is 0. The quantitative estimate of drug-likeness (QED) is 0.637. The lowest BCUT2D eigenvalue weighted by Crippen LogP contribution is -2.49. The molecule has 2 fully saturated rings. The summed E-state index contributed by atoms with van der Waals surface area (Å²) in [6, 6.07) is 2.13. The third kappa shape index (κ3) is 4.30. The van der Waals surface area contributed by atoms with Gasteiger partial charge in [-0.1, -0.05) is 0 Å². The first-order chi connectivity index (χ1) is 15.0. The number of alkyl halides is 3. The zero-order chi connectivity index (χ0) is 23.2. The Labute approximate surface area is 181 Å². The first-order valence-corrected chi connectivity index (χ1v) is 10.3. The molecule has 1 saturated heterocycles. The molecule has 174 valence electrons. The van der Waals surface area contributed by atoms with Crippen molar-refractivity contribution < 1.29 is 32.2 Å². The fraction of sp³-hybridized carbons (Fsp3) is 0.550. The predicted molar refractivity (Wildman–Crippen MR) is 105 cm³/mol. The minimum absolute atomic E-state index is 0.0101. The molecule has 1 aromatic heterocycles. The van der Waals surface area contributed by atoms with Crippen molar-refractivity contribution in [2.45, 2.75) is 44.9 Å². The van der Waals surface area contributed by atoms with Crippen molar-refractivity contribution in [3.8, 4) is 11.8 Å². The fourth-order valence-electron chi connectivity index (χ4n) is 4.43. The lowest BCUT2D eigenvalue weighted by Gasteiger charge is -2.36. The number of anilines is 1. The number of nitrogens with zero attached hydrogens (tertiary/aromatic N) is 4. The number of nitrogens with one attached hydrogen (secondary N) is 1. The Balaban J connectivity index is 1.55. The van der Waals surface area contributed by atoms with E-state index in [0.717, 1.165) is 18.9 Å². The first kappa shape index (κ1) is 22.2. The fourth-order valence-corrected chi connectivity index (χ4v) is 4.43. The van der Waals surface area contributed by atoms with Crippen LogP contribution in [-0.2, 0) is 6.18 Å². The van der Waals surface area contributed by atoms with Crippen molar-refractivity contribution in [1.29, 1.82) is 0 Å². The number of carbonyl (C=O) groups is 1. The SMILES string of the molecule is CC(C)n1nc(NC2[C@@H]3CC[C@H]2CN(C(=O)O)C3)nc1Oc1ccc(F)c(C(F)(F)F)c1.